The Morgan fingerprint density at radius 1 is 0.829 bits per heavy atom. The van der Waals surface area contributed by atoms with Crippen molar-refractivity contribution in [1.82, 2.24) is 14.7 Å². The molecule has 0 bridgehead atoms. The lowest BCUT2D eigenvalue weighted by Crippen LogP contribution is -2.56. The van der Waals surface area contributed by atoms with Crippen LogP contribution in [-0.4, -0.2) is 85.7 Å². The molecule has 2 aliphatic heterocycles. The first-order chi connectivity index (χ1) is 19.3. The van der Waals surface area contributed by atoms with E-state index in [4.69, 9.17) is 4.74 Å². The highest BCUT2D eigenvalue weighted by Crippen LogP contribution is 2.37. The average molecular weight is 584 g/mol. The lowest BCUT2D eigenvalue weighted by Gasteiger charge is -2.41. The van der Waals surface area contributed by atoms with E-state index in [1.54, 1.807) is 0 Å². The van der Waals surface area contributed by atoms with Crippen LogP contribution in [0.5, 0.6) is 0 Å². The molecule has 2 fully saturated rings. The summed E-state index contributed by atoms with van der Waals surface area (Å²) in [7, 11) is 0. The van der Waals surface area contributed by atoms with Crippen LogP contribution in [0.4, 0.5) is 26.3 Å². The molecule has 0 radical (unpaired) electrons. The molecule has 0 unspecified atom stereocenters. The van der Waals surface area contributed by atoms with Crippen molar-refractivity contribution >= 4 is 5.91 Å². The number of ether oxygens (including phenoxy) is 1. The van der Waals surface area contributed by atoms with Crippen molar-refractivity contribution in [3.05, 3.63) is 81.9 Å². The molecule has 41 heavy (non-hydrogen) atoms. The normalized spacial score (nSPS) is 19.7. The smallest absolute Gasteiger partial charge is 0.379 e. The van der Waals surface area contributed by atoms with E-state index in [1.807, 2.05) is 32.0 Å². The van der Waals surface area contributed by atoms with Crippen LogP contribution in [0.15, 0.2) is 48.6 Å². The third-order valence-corrected chi connectivity index (χ3v) is 7.70. The Bertz CT molecular complexity index is 1210. The van der Waals surface area contributed by atoms with Gasteiger partial charge in [0.05, 0.1) is 24.3 Å². The molecule has 2 saturated heterocycles. The number of hydrogen-bond donors (Lipinski definition) is 0. The highest BCUT2D eigenvalue weighted by atomic mass is 19.4. The van der Waals surface area contributed by atoms with Crippen LogP contribution < -0.4 is 0 Å². The molecule has 1 amide bonds. The van der Waals surface area contributed by atoms with Crippen LogP contribution in [0.2, 0.25) is 0 Å². The third kappa shape index (κ3) is 8.33. The average Bonchev–Trinajstić information content (AvgIpc) is 2.92. The van der Waals surface area contributed by atoms with E-state index >= 15 is 0 Å². The number of rotatable bonds is 7. The van der Waals surface area contributed by atoms with E-state index < -0.39 is 41.0 Å². The van der Waals surface area contributed by atoms with Crippen molar-refractivity contribution < 1.29 is 35.9 Å². The van der Waals surface area contributed by atoms with Crippen molar-refractivity contribution in [3.8, 4) is 0 Å². The Morgan fingerprint density at radius 2 is 1.44 bits per heavy atom. The van der Waals surface area contributed by atoms with Crippen LogP contribution in [0.1, 0.15) is 38.2 Å². The fourth-order valence-electron chi connectivity index (χ4n) is 5.21. The van der Waals surface area contributed by atoms with E-state index in [-0.39, 0.29) is 12.6 Å². The molecule has 5 nitrogen and oxygen atoms in total. The summed E-state index contributed by atoms with van der Waals surface area (Å²) in [4.78, 5) is 19.4. The number of morpholine rings is 1. The van der Waals surface area contributed by atoms with Gasteiger partial charge in [-0.1, -0.05) is 30.4 Å². The summed E-state index contributed by atoms with van der Waals surface area (Å²) < 4.78 is 86.2. The number of carbonyl (C=O) groups is 1. The summed E-state index contributed by atoms with van der Waals surface area (Å²) in [6.45, 7) is 9.59. The summed E-state index contributed by atoms with van der Waals surface area (Å²) >= 11 is 0. The zero-order valence-corrected chi connectivity index (χ0v) is 23.2. The van der Waals surface area contributed by atoms with Gasteiger partial charge in [0.1, 0.15) is 0 Å². The topological polar surface area (TPSA) is 36.0 Å². The quantitative estimate of drug-likeness (QED) is 0.314. The van der Waals surface area contributed by atoms with E-state index in [0.717, 1.165) is 36.3 Å². The molecule has 11 heteroatoms. The van der Waals surface area contributed by atoms with Gasteiger partial charge in [0.25, 0.3) is 5.91 Å². The first kappa shape index (κ1) is 31.1. The van der Waals surface area contributed by atoms with Crippen molar-refractivity contribution in [1.29, 1.82) is 0 Å². The molecule has 4 rings (SSSR count). The SMILES string of the molecule is Cc1ccc(C[C@@H]2CN(CC=CCN3CCOCC3)CCN2C(=O)c2cc(C(F)(F)F)cc(C(F)(F)F)c2)cc1C. The molecule has 2 aliphatic rings. The van der Waals surface area contributed by atoms with Crippen LogP contribution >= 0.6 is 0 Å². The zero-order chi connectivity index (χ0) is 29.8. The van der Waals surface area contributed by atoms with Crippen LogP contribution in [0.25, 0.3) is 0 Å². The first-order valence-corrected chi connectivity index (χ1v) is 13.7. The highest BCUT2D eigenvalue weighted by Gasteiger charge is 2.39. The number of halogens is 6. The summed E-state index contributed by atoms with van der Waals surface area (Å²) in [5.74, 6) is -0.835. The largest absolute Gasteiger partial charge is 0.416 e. The zero-order valence-electron chi connectivity index (χ0n) is 23.2. The van der Waals surface area contributed by atoms with Gasteiger partial charge in [-0.3, -0.25) is 14.6 Å². The lowest BCUT2D eigenvalue weighted by atomic mass is 9.97. The van der Waals surface area contributed by atoms with Crippen LogP contribution in [0, 0.1) is 13.8 Å². The van der Waals surface area contributed by atoms with Crippen molar-refractivity contribution in [3.63, 3.8) is 0 Å². The number of benzene rings is 2. The van der Waals surface area contributed by atoms with Gasteiger partial charge < -0.3 is 9.64 Å². The molecule has 0 aromatic heterocycles. The molecule has 224 valence electrons. The number of nitrogens with zero attached hydrogens (tertiary/aromatic N) is 3. The van der Waals surface area contributed by atoms with Crippen molar-refractivity contribution in [2.45, 2.75) is 38.7 Å². The van der Waals surface area contributed by atoms with E-state index in [0.29, 0.717) is 51.4 Å². The molecule has 0 aliphatic carbocycles. The molecule has 2 aromatic carbocycles. The second kappa shape index (κ2) is 13.0. The number of carbonyl (C=O) groups excluding carboxylic acids is 1. The number of piperazine rings is 1. The molecule has 2 aromatic rings. The Morgan fingerprint density at radius 3 is 2.02 bits per heavy atom. The highest BCUT2D eigenvalue weighted by molar-refractivity contribution is 5.95. The minimum atomic E-state index is -5.03. The summed E-state index contributed by atoms with van der Waals surface area (Å²) in [5, 5.41) is 0. The minimum Gasteiger partial charge on any atom is -0.379 e. The van der Waals surface area contributed by atoms with Crippen molar-refractivity contribution in [2.75, 3.05) is 59.0 Å². The monoisotopic (exact) mass is 583 g/mol. The molecule has 0 N–H and O–H groups in total. The maximum absolute atomic E-state index is 13.6. The predicted octanol–water partition coefficient (Wildman–Crippen LogP) is 5.60. The van der Waals surface area contributed by atoms with Gasteiger partial charge >= 0.3 is 12.4 Å². The number of alkyl halides is 6. The second-order valence-corrected chi connectivity index (χ2v) is 10.7. The van der Waals surface area contributed by atoms with E-state index in [9.17, 15) is 31.1 Å². The fraction of sp³-hybridized carbons (Fsp3) is 0.500. The van der Waals surface area contributed by atoms with Crippen LogP contribution in [0.3, 0.4) is 0 Å². The maximum Gasteiger partial charge on any atom is 0.416 e. The standard InChI is InChI=1S/C30H35F6N3O2/c1-21-5-6-23(15-22(21)2)16-27-20-38(8-4-3-7-37-11-13-41-14-12-37)9-10-39(27)28(40)24-17-25(29(31,32)33)19-26(18-24)30(34,35)36/h3-6,15,17-19,27H,7-14,16,20H2,1-2H3/t27-/m1/s1. The second-order valence-electron chi connectivity index (χ2n) is 10.7. The van der Waals surface area contributed by atoms with E-state index in [2.05, 4.69) is 22.0 Å². The maximum atomic E-state index is 13.6. The molecule has 0 saturated carbocycles. The Labute approximate surface area is 236 Å². The predicted molar refractivity (Wildman–Crippen MR) is 144 cm³/mol. The van der Waals surface area contributed by atoms with Gasteiger partial charge in [-0.2, -0.15) is 26.3 Å². The number of aryl methyl sites for hydroxylation is 2. The first-order valence-electron chi connectivity index (χ1n) is 13.7. The summed E-state index contributed by atoms with van der Waals surface area (Å²) in [5.41, 5.74) is -0.500. The number of hydrogen-bond acceptors (Lipinski definition) is 4. The van der Waals surface area contributed by atoms with Crippen molar-refractivity contribution in [2.24, 2.45) is 0 Å². The lowest BCUT2D eigenvalue weighted by molar-refractivity contribution is -0.143. The molecule has 0 spiro atoms. The van der Waals surface area contributed by atoms with Gasteiger partial charge in [-0.05, 0) is 55.2 Å². The summed E-state index contributed by atoms with van der Waals surface area (Å²) in [6.07, 6.45) is -5.49. The minimum absolute atomic E-state index is 0.0462. The van der Waals surface area contributed by atoms with Gasteiger partial charge in [0, 0.05) is 57.4 Å². The van der Waals surface area contributed by atoms with Gasteiger partial charge in [-0.15, -0.1) is 0 Å². The van der Waals surface area contributed by atoms with Crippen LogP contribution in [-0.2, 0) is 23.5 Å². The molecular formula is C30H35F6N3O2. The summed E-state index contributed by atoms with van der Waals surface area (Å²) in [6, 6.07) is 6.56. The van der Waals surface area contributed by atoms with Gasteiger partial charge in [0.15, 0.2) is 0 Å². The number of amides is 1. The third-order valence-electron chi connectivity index (χ3n) is 7.70. The molecule has 1 atom stereocenters. The Hall–Kier alpha value is -2.89. The Balaban J connectivity index is 1.55. The Kier molecular flexibility index (Phi) is 9.81. The van der Waals surface area contributed by atoms with Gasteiger partial charge in [0.2, 0.25) is 0 Å². The molecular weight excluding hydrogens is 548 g/mol. The fourth-order valence-corrected chi connectivity index (χ4v) is 5.21. The van der Waals surface area contributed by atoms with Gasteiger partial charge in [-0.25, -0.2) is 0 Å². The molecule has 2 heterocycles. The van der Waals surface area contributed by atoms with E-state index in [1.165, 1.54) is 4.90 Å².